The lowest BCUT2D eigenvalue weighted by molar-refractivity contribution is -0.136. The second-order valence-electron chi connectivity index (χ2n) is 3.98. The Morgan fingerprint density at radius 2 is 1.95 bits per heavy atom. The van der Waals surface area contributed by atoms with Gasteiger partial charge in [0.25, 0.3) is 5.91 Å². The van der Waals surface area contributed by atoms with Gasteiger partial charge in [-0.1, -0.05) is 15.9 Å². The average molecular weight is 363 g/mol. The quantitative estimate of drug-likeness (QED) is 0.640. The van der Waals surface area contributed by atoms with Crippen LogP contribution in [0.2, 0.25) is 0 Å². The number of nitrogens with one attached hydrogen (secondary N) is 1. The number of halogens is 5. The minimum absolute atomic E-state index is 0.209. The molecule has 0 fully saturated rings. The number of aromatic nitrogens is 1. The molecular formula is C13H7BrF4N2O. The van der Waals surface area contributed by atoms with Gasteiger partial charge < -0.3 is 5.32 Å². The number of carbonyl (C=O) groups is 1. The summed E-state index contributed by atoms with van der Waals surface area (Å²) >= 11 is 2.93. The van der Waals surface area contributed by atoms with Crippen LogP contribution < -0.4 is 5.32 Å². The predicted molar refractivity (Wildman–Crippen MR) is 71.3 cm³/mol. The van der Waals surface area contributed by atoms with Gasteiger partial charge in [0.2, 0.25) is 5.95 Å². The lowest BCUT2D eigenvalue weighted by atomic mass is 10.1. The van der Waals surface area contributed by atoms with Gasteiger partial charge in [-0.25, -0.2) is 4.98 Å². The summed E-state index contributed by atoms with van der Waals surface area (Å²) in [6.45, 7) is 0. The van der Waals surface area contributed by atoms with Crippen molar-refractivity contribution in [3.63, 3.8) is 0 Å². The zero-order valence-corrected chi connectivity index (χ0v) is 11.8. The van der Waals surface area contributed by atoms with E-state index < -0.39 is 34.8 Å². The van der Waals surface area contributed by atoms with Gasteiger partial charge in [0.1, 0.15) is 0 Å². The molecule has 0 bridgehead atoms. The lowest BCUT2D eigenvalue weighted by Gasteiger charge is -2.14. The van der Waals surface area contributed by atoms with Crippen LogP contribution in [-0.4, -0.2) is 10.9 Å². The summed E-state index contributed by atoms with van der Waals surface area (Å²) in [7, 11) is 0. The molecule has 110 valence electrons. The van der Waals surface area contributed by atoms with Crippen LogP contribution in [0.25, 0.3) is 0 Å². The highest BCUT2D eigenvalue weighted by Crippen LogP contribution is 2.36. The molecule has 2 aromatic rings. The fraction of sp³-hybridized carbons (Fsp3) is 0.0769. The third-order valence-electron chi connectivity index (χ3n) is 2.54. The van der Waals surface area contributed by atoms with Crippen LogP contribution in [0, 0.1) is 5.95 Å². The molecule has 21 heavy (non-hydrogen) atoms. The van der Waals surface area contributed by atoms with E-state index in [0.29, 0.717) is 0 Å². The van der Waals surface area contributed by atoms with Crippen LogP contribution in [0.1, 0.15) is 15.9 Å². The fourth-order valence-corrected chi connectivity index (χ4v) is 1.97. The van der Waals surface area contributed by atoms with E-state index in [4.69, 9.17) is 0 Å². The highest BCUT2D eigenvalue weighted by molar-refractivity contribution is 9.10. The molecule has 0 unspecified atom stereocenters. The molecule has 1 aromatic carbocycles. The van der Waals surface area contributed by atoms with Crippen LogP contribution >= 0.6 is 15.9 Å². The number of hydrogen-bond acceptors (Lipinski definition) is 2. The van der Waals surface area contributed by atoms with E-state index >= 15 is 0 Å². The highest BCUT2D eigenvalue weighted by atomic mass is 79.9. The number of anilines is 1. The summed E-state index contributed by atoms with van der Waals surface area (Å²) < 4.78 is 52.3. The predicted octanol–water partition coefficient (Wildman–Crippen LogP) is 4.25. The third-order valence-corrected chi connectivity index (χ3v) is 3.03. The lowest BCUT2D eigenvalue weighted by Crippen LogP contribution is -2.18. The molecular weight excluding hydrogens is 356 g/mol. The zero-order valence-electron chi connectivity index (χ0n) is 10.2. The van der Waals surface area contributed by atoms with Crippen LogP contribution in [0.15, 0.2) is 41.0 Å². The van der Waals surface area contributed by atoms with Gasteiger partial charge in [0.15, 0.2) is 0 Å². The van der Waals surface area contributed by atoms with Crippen LogP contribution in [0.3, 0.4) is 0 Å². The Balaban J connectivity index is 2.36. The van der Waals surface area contributed by atoms with Crippen molar-refractivity contribution < 1.29 is 22.4 Å². The Morgan fingerprint density at radius 1 is 1.24 bits per heavy atom. The van der Waals surface area contributed by atoms with Gasteiger partial charge in [0.05, 0.1) is 16.8 Å². The summed E-state index contributed by atoms with van der Waals surface area (Å²) in [6, 6.07) is 5.69. The van der Waals surface area contributed by atoms with Crippen molar-refractivity contribution >= 4 is 27.5 Å². The maximum Gasteiger partial charge on any atom is 0.418 e. The molecule has 1 amide bonds. The number of amides is 1. The molecule has 0 atom stereocenters. The molecule has 2 rings (SSSR count). The molecule has 0 saturated heterocycles. The number of pyridine rings is 1. The molecule has 1 heterocycles. The maximum absolute atomic E-state index is 13.3. The second kappa shape index (κ2) is 5.80. The first-order chi connectivity index (χ1) is 9.79. The van der Waals surface area contributed by atoms with E-state index in [-0.39, 0.29) is 4.47 Å². The molecule has 0 radical (unpaired) electrons. The topological polar surface area (TPSA) is 42.0 Å². The Labute approximate surface area is 125 Å². The van der Waals surface area contributed by atoms with E-state index in [9.17, 15) is 22.4 Å². The average Bonchev–Trinajstić information content (AvgIpc) is 2.40. The van der Waals surface area contributed by atoms with Gasteiger partial charge in [-0.2, -0.15) is 17.6 Å². The molecule has 0 aliphatic heterocycles. The van der Waals surface area contributed by atoms with E-state index in [1.807, 2.05) is 5.32 Å². The third kappa shape index (κ3) is 3.57. The SMILES string of the molecule is O=C(Nc1ccc(Br)cc1C(F)(F)F)c1cccnc1F. The first-order valence-electron chi connectivity index (χ1n) is 5.57. The molecule has 0 aliphatic rings. The van der Waals surface area contributed by atoms with Crippen molar-refractivity contribution in [1.82, 2.24) is 4.98 Å². The minimum atomic E-state index is -4.65. The Bertz CT molecular complexity index is 688. The van der Waals surface area contributed by atoms with Crippen molar-refractivity contribution in [2.45, 2.75) is 6.18 Å². The fourth-order valence-electron chi connectivity index (χ4n) is 1.61. The molecule has 0 aliphatic carbocycles. The van der Waals surface area contributed by atoms with E-state index in [2.05, 4.69) is 20.9 Å². The van der Waals surface area contributed by atoms with Crippen molar-refractivity contribution in [2.24, 2.45) is 0 Å². The number of carbonyl (C=O) groups excluding carboxylic acids is 1. The number of alkyl halides is 3. The summed E-state index contributed by atoms with van der Waals surface area (Å²) in [4.78, 5) is 15.1. The maximum atomic E-state index is 13.3. The molecule has 0 spiro atoms. The smallest absolute Gasteiger partial charge is 0.321 e. The standard InChI is InChI=1S/C13H7BrF4N2O/c14-7-3-4-10(9(6-7)13(16,17)18)20-12(21)8-2-1-5-19-11(8)15/h1-6H,(H,20,21). The molecule has 1 N–H and O–H groups in total. The minimum Gasteiger partial charge on any atom is -0.321 e. The Kier molecular flexibility index (Phi) is 4.26. The van der Waals surface area contributed by atoms with E-state index in [1.54, 1.807) is 0 Å². The number of rotatable bonds is 2. The zero-order chi connectivity index (χ0) is 15.6. The number of hydrogen-bond donors (Lipinski definition) is 1. The van der Waals surface area contributed by atoms with Gasteiger partial charge >= 0.3 is 6.18 Å². The Hall–Kier alpha value is -1.96. The monoisotopic (exact) mass is 362 g/mol. The van der Waals surface area contributed by atoms with Gasteiger partial charge in [0, 0.05) is 10.7 Å². The molecule has 8 heteroatoms. The van der Waals surface area contributed by atoms with Crippen molar-refractivity contribution in [1.29, 1.82) is 0 Å². The van der Waals surface area contributed by atoms with E-state index in [0.717, 1.165) is 24.4 Å². The van der Waals surface area contributed by atoms with Crippen LogP contribution in [0.4, 0.5) is 23.2 Å². The van der Waals surface area contributed by atoms with Crippen molar-refractivity contribution in [3.05, 3.63) is 58.1 Å². The summed E-state index contributed by atoms with van der Waals surface area (Å²) in [5.41, 5.74) is -1.93. The van der Waals surface area contributed by atoms with E-state index in [1.165, 1.54) is 12.1 Å². The first kappa shape index (κ1) is 15.4. The van der Waals surface area contributed by atoms with Gasteiger partial charge in [-0.05, 0) is 30.3 Å². The van der Waals surface area contributed by atoms with Gasteiger partial charge in [-0.3, -0.25) is 4.79 Å². The number of benzene rings is 1. The van der Waals surface area contributed by atoms with Crippen molar-refractivity contribution in [3.8, 4) is 0 Å². The molecule has 1 aromatic heterocycles. The van der Waals surface area contributed by atoms with Crippen LogP contribution in [0.5, 0.6) is 0 Å². The Morgan fingerprint density at radius 3 is 2.57 bits per heavy atom. The van der Waals surface area contributed by atoms with Crippen molar-refractivity contribution in [2.75, 3.05) is 5.32 Å². The van der Waals surface area contributed by atoms with Gasteiger partial charge in [-0.15, -0.1) is 0 Å². The largest absolute Gasteiger partial charge is 0.418 e. The molecule has 3 nitrogen and oxygen atoms in total. The van der Waals surface area contributed by atoms with Crippen LogP contribution in [-0.2, 0) is 6.18 Å². The second-order valence-corrected chi connectivity index (χ2v) is 4.90. The highest BCUT2D eigenvalue weighted by Gasteiger charge is 2.34. The summed E-state index contributed by atoms with van der Waals surface area (Å²) in [6.07, 6.45) is -3.52. The first-order valence-corrected chi connectivity index (χ1v) is 6.37. The summed E-state index contributed by atoms with van der Waals surface area (Å²) in [5.74, 6) is -2.06. The molecule has 0 saturated carbocycles. The normalized spacial score (nSPS) is 11.3. The summed E-state index contributed by atoms with van der Waals surface area (Å²) in [5, 5.41) is 2.04. The number of nitrogens with zero attached hydrogens (tertiary/aromatic N) is 1.